The van der Waals surface area contributed by atoms with Crippen molar-refractivity contribution in [2.75, 3.05) is 13.2 Å². The summed E-state index contributed by atoms with van der Waals surface area (Å²) in [5, 5.41) is 2.10. The van der Waals surface area contributed by atoms with Gasteiger partial charge < -0.3 is 9.64 Å². The molecule has 3 nitrogen and oxygen atoms in total. The highest BCUT2D eigenvalue weighted by atomic mass is 32.1. The second kappa shape index (κ2) is 4.78. The number of carbonyl (C=O) groups excluding carboxylic acids is 1. The van der Waals surface area contributed by atoms with Crippen LogP contribution in [0.5, 0.6) is 0 Å². The number of amides is 1. The molecule has 1 aliphatic heterocycles. The highest BCUT2D eigenvalue weighted by molar-refractivity contribution is 7.10. The summed E-state index contributed by atoms with van der Waals surface area (Å²) in [4.78, 5) is 15.3. The topological polar surface area (TPSA) is 29.5 Å². The molecule has 1 amide bonds. The van der Waals surface area contributed by atoms with Crippen molar-refractivity contribution < 1.29 is 9.53 Å². The quantitative estimate of drug-likeness (QED) is 0.810. The molecule has 0 radical (unpaired) electrons. The third-order valence-corrected chi connectivity index (χ3v) is 3.81. The molecular weight excluding hydrogens is 234 g/mol. The summed E-state index contributed by atoms with van der Waals surface area (Å²) in [6.45, 7) is 7.64. The maximum absolute atomic E-state index is 12.0. The number of rotatable bonds is 2. The van der Waals surface area contributed by atoms with Crippen molar-refractivity contribution in [2.24, 2.45) is 0 Å². The number of carbonyl (C=O) groups is 1. The van der Waals surface area contributed by atoms with Gasteiger partial charge in [0.25, 0.3) is 0 Å². The molecule has 0 saturated heterocycles. The van der Waals surface area contributed by atoms with Crippen molar-refractivity contribution in [1.82, 2.24) is 4.90 Å². The highest BCUT2D eigenvalue weighted by Crippen LogP contribution is 2.24. The number of hydrogen-bond donors (Lipinski definition) is 0. The summed E-state index contributed by atoms with van der Waals surface area (Å²) in [5.41, 5.74) is 1.05. The molecule has 0 aliphatic carbocycles. The van der Waals surface area contributed by atoms with Gasteiger partial charge >= 0.3 is 0 Å². The molecule has 0 saturated carbocycles. The van der Waals surface area contributed by atoms with E-state index in [-0.39, 0.29) is 18.1 Å². The van der Waals surface area contributed by atoms with Crippen molar-refractivity contribution in [2.45, 2.75) is 39.3 Å². The molecule has 1 aliphatic rings. The smallest absolute Gasteiger partial charge is 0.248 e. The summed E-state index contributed by atoms with van der Waals surface area (Å²) in [6.07, 6.45) is 0.980. The van der Waals surface area contributed by atoms with Gasteiger partial charge in [0, 0.05) is 18.0 Å². The van der Waals surface area contributed by atoms with E-state index in [0.29, 0.717) is 0 Å². The summed E-state index contributed by atoms with van der Waals surface area (Å²) in [5.74, 6) is 0.0942. The number of thiophene rings is 1. The average Bonchev–Trinajstić information content (AvgIpc) is 2.71. The molecule has 0 atom stereocenters. The number of nitrogens with zero attached hydrogens (tertiary/aromatic N) is 1. The van der Waals surface area contributed by atoms with E-state index in [2.05, 4.69) is 11.4 Å². The van der Waals surface area contributed by atoms with Crippen LogP contribution in [0, 0.1) is 0 Å². The Balaban J connectivity index is 1.90. The Morgan fingerprint density at radius 1 is 1.53 bits per heavy atom. The van der Waals surface area contributed by atoms with Crippen LogP contribution in [0.3, 0.4) is 0 Å². The van der Waals surface area contributed by atoms with Crippen molar-refractivity contribution >= 4 is 17.2 Å². The normalized spacial score (nSPS) is 15.8. The van der Waals surface area contributed by atoms with Gasteiger partial charge in [0.1, 0.15) is 6.61 Å². The fraction of sp³-hybridized carbons (Fsp3) is 0.615. The Kier molecular flexibility index (Phi) is 3.54. The lowest BCUT2D eigenvalue weighted by molar-refractivity contribution is -0.141. The lowest BCUT2D eigenvalue weighted by Crippen LogP contribution is -2.39. The molecule has 0 fully saturated rings. The van der Waals surface area contributed by atoms with E-state index in [4.69, 9.17) is 4.74 Å². The molecule has 2 rings (SSSR count). The van der Waals surface area contributed by atoms with E-state index in [1.165, 1.54) is 10.4 Å². The zero-order valence-corrected chi connectivity index (χ0v) is 11.5. The van der Waals surface area contributed by atoms with E-state index < -0.39 is 0 Å². The average molecular weight is 253 g/mol. The third kappa shape index (κ3) is 3.30. The minimum Gasteiger partial charge on any atom is -0.366 e. The number of hydrogen-bond acceptors (Lipinski definition) is 3. The van der Waals surface area contributed by atoms with Gasteiger partial charge in [0.05, 0.1) is 5.60 Å². The van der Waals surface area contributed by atoms with Crippen molar-refractivity contribution in [3.63, 3.8) is 0 Å². The van der Waals surface area contributed by atoms with E-state index in [1.54, 1.807) is 11.3 Å². The minimum atomic E-state index is -0.251. The summed E-state index contributed by atoms with van der Waals surface area (Å²) < 4.78 is 5.53. The zero-order chi connectivity index (χ0) is 12.5. The largest absolute Gasteiger partial charge is 0.366 e. The molecule has 4 heteroatoms. The Bertz CT molecular complexity index is 406. The van der Waals surface area contributed by atoms with Crippen molar-refractivity contribution in [3.8, 4) is 0 Å². The van der Waals surface area contributed by atoms with Crippen LogP contribution >= 0.6 is 11.3 Å². The van der Waals surface area contributed by atoms with Crippen LogP contribution in [-0.2, 0) is 22.5 Å². The van der Waals surface area contributed by atoms with E-state index in [1.807, 2.05) is 25.7 Å². The van der Waals surface area contributed by atoms with Gasteiger partial charge in [-0.25, -0.2) is 0 Å². The van der Waals surface area contributed by atoms with Crippen LogP contribution in [0.4, 0.5) is 0 Å². The molecule has 1 aromatic rings. The molecule has 1 aromatic heterocycles. The first-order valence-corrected chi connectivity index (χ1v) is 6.81. The zero-order valence-electron chi connectivity index (χ0n) is 10.7. The first-order chi connectivity index (χ1) is 7.96. The molecule has 0 bridgehead atoms. The van der Waals surface area contributed by atoms with E-state index in [0.717, 1.165) is 19.5 Å². The molecule has 0 N–H and O–H groups in total. The highest BCUT2D eigenvalue weighted by Gasteiger charge is 2.22. The predicted molar refractivity (Wildman–Crippen MR) is 69.1 cm³/mol. The fourth-order valence-electron chi connectivity index (χ4n) is 1.83. The van der Waals surface area contributed by atoms with Gasteiger partial charge in [-0.2, -0.15) is 0 Å². The predicted octanol–water partition coefficient (Wildman–Crippen LogP) is 2.45. The van der Waals surface area contributed by atoms with Crippen LogP contribution in [0.1, 0.15) is 31.2 Å². The SMILES string of the molecule is CC(C)(C)OCC(=O)N1CCc2sccc2C1. The maximum atomic E-state index is 12.0. The molecule has 17 heavy (non-hydrogen) atoms. The Morgan fingerprint density at radius 3 is 3.00 bits per heavy atom. The van der Waals surface area contributed by atoms with Gasteiger partial charge in [-0.3, -0.25) is 4.79 Å². The van der Waals surface area contributed by atoms with Gasteiger partial charge in [0.2, 0.25) is 5.91 Å². The summed E-state index contributed by atoms with van der Waals surface area (Å²) >= 11 is 1.79. The Labute approximate surface area is 106 Å². The van der Waals surface area contributed by atoms with Crippen molar-refractivity contribution in [1.29, 1.82) is 0 Å². The van der Waals surface area contributed by atoms with Crippen LogP contribution in [0.15, 0.2) is 11.4 Å². The van der Waals surface area contributed by atoms with Crippen LogP contribution in [-0.4, -0.2) is 29.6 Å². The van der Waals surface area contributed by atoms with Gasteiger partial charge in [-0.05, 0) is 44.2 Å². The third-order valence-electron chi connectivity index (χ3n) is 2.79. The first-order valence-electron chi connectivity index (χ1n) is 5.93. The maximum Gasteiger partial charge on any atom is 0.248 e. The lowest BCUT2D eigenvalue weighted by atomic mass is 10.1. The summed E-state index contributed by atoms with van der Waals surface area (Å²) in [6, 6.07) is 2.12. The standard InChI is InChI=1S/C13H19NO2S/c1-13(2,3)16-9-12(15)14-6-4-11-10(8-14)5-7-17-11/h5,7H,4,6,8-9H2,1-3H3. The monoisotopic (exact) mass is 253 g/mol. The van der Waals surface area contributed by atoms with Gasteiger partial charge in [-0.15, -0.1) is 11.3 Å². The van der Waals surface area contributed by atoms with E-state index in [9.17, 15) is 4.79 Å². The molecule has 0 aromatic carbocycles. The number of fused-ring (bicyclic) bond motifs is 1. The van der Waals surface area contributed by atoms with Gasteiger partial charge in [0.15, 0.2) is 0 Å². The first kappa shape index (κ1) is 12.6. The Hall–Kier alpha value is -0.870. The molecule has 0 spiro atoms. The lowest BCUT2D eigenvalue weighted by Gasteiger charge is -2.28. The molecule has 94 valence electrons. The fourth-order valence-corrected chi connectivity index (χ4v) is 2.72. The van der Waals surface area contributed by atoms with Crippen LogP contribution in [0.2, 0.25) is 0 Å². The van der Waals surface area contributed by atoms with Crippen LogP contribution < -0.4 is 0 Å². The second-order valence-electron chi connectivity index (χ2n) is 5.34. The molecule has 0 unspecified atom stereocenters. The Morgan fingerprint density at radius 2 is 2.29 bits per heavy atom. The van der Waals surface area contributed by atoms with E-state index >= 15 is 0 Å². The van der Waals surface area contributed by atoms with Crippen LogP contribution in [0.25, 0.3) is 0 Å². The number of ether oxygens (including phenoxy) is 1. The summed E-state index contributed by atoms with van der Waals surface area (Å²) in [7, 11) is 0. The molecular formula is C13H19NO2S. The minimum absolute atomic E-state index is 0.0942. The van der Waals surface area contributed by atoms with Gasteiger partial charge in [-0.1, -0.05) is 0 Å². The second-order valence-corrected chi connectivity index (χ2v) is 6.34. The molecule has 2 heterocycles. The van der Waals surface area contributed by atoms with Crippen molar-refractivity contribution in [3.05, 3.63) is 21.9 Å².